The summed E-state index contributed by atoms with van der Waals surface area (Å²) in [6.07, 6.45) is 17.4. The largest absolute Gasteiger partial charge is 0.472 e. The molecule has 1 unspecified atom stereocenters. The molecule has 0 amide bonds. The zero-order chi connectivity index (χ0) is 29.4. The van der Waals surface area contributed by atoms with Crippen molar-refractivity contribution in [1.82, 2.24) is 0 Å². The van der Waals surface area contributed by atoms with Crippen LogP contribution < -0.4 is 0 Å². The van der Waals surface area contributed by atoms with Gasteiger partial charge >= 0.3 is 19.8 Å². The van der Waals surface area contributed by atoms with E-state index in [-0.39, 0.29) is 32.0 Å². The highest BCUT2D eigenvalue weighted by Crippen LogP contribution is 2.43. The van der Waals surface area contributed by atoms with Crippen molar-refractivity contribution in [3.8, 4) is 0 Å². The summed E-state index contributed by atoms with van der Waals surface area (Å²) in [5.41, 5.74) is 0. The molecule has 0 saturated carbocycles. The lowest BCUT2D eigenvalue weighted by atomic mass is 10.1. The van der Waals surface area contributed by atoms with Crippen molar-refractivity contribution in [2.45, 2.75) is 116 Å². The van der Waals surface area contributed by atoms with Gasteiger partial charge in [0.1, 0.15) is 19.8 Å². The van der Waals surface area contributed by atoms with Gasteiger partial charge in [-0.25, -0.2) is 4.57 Å². The fourth-order valence-corrected chi connectivity index (χ4v) is 4.34. The van der Waals surface area contributed by atoms with Crippen molar-refractivity contribution in [3.63, 3.8) is 0 Å². The number of ether oxygens (including phenoxy) is 2. The SMILES string of the molecule is CCC/C=C\CCCCCCCC(=O)O[C@H](COC(=O)CCCCCCC)COP(=O)(O)OCC[N+](C)(C)C. The Balaban J connectivity index is 4.55. The Hall–Kier alpha value is -1.25. The van der Waals surface area contributed by atoms with Gasteiger partial charge in [0.05, 0.1) is 27.7 Å². The molecule has 230 valence electrons. The highest BCUT2D eigenvalue weighted by atomic mass is 31.2. The summed E-state index contributed by atoms with van der Waals surface area (Å²) in [5.74, 6) is -0.830. The number of allylic oxidation sites excluding steroid dienone is 2. The van der Waals surface area contributed by atoms with Crippen LogP contribution in [0.3, 0.4) is 0 Å². The van der Waals surface area contributed by atoms with Gasteiger partial charge in [0.15, 0.2) is 6.10 Å². The maximum absolute atomic E-state index is 12.4. The van der Waals surface area contributed by atoms with Crippen LogP contribution in [0.15, 0.2) is 12.2 Å². The van der Waals surface area contributed by atoms with Crippen molar-refractivity contribution >= 4 is 19.8 Å². The summed E-state index contributed by atoms with van der Waals surface area (Å²) in [5, 5.41) is 0. The third-order valence-electron chi connectivity index (χ3n) is 6.03. The lowest BCUT2D eigenvalue weighted by Crippen LogP contribution is -2.37. The van der Waals surface area contributed by atoms with Gasteiger partial charge < -0.3 is 18.9 Å². The predicted molar refractivity (Wildman–Crippen MR) is 155 cm³/mol. The standard InChI is InChI=1S/C29H56NO8P/c1-6-8-10-12-13-14-15-16-18-20-22-29(32)38-27(25-35-28(31)21-19-17-11-9-7-2)26-37-39(33,34)36-24-23-30(3,4)5/h10,12,27H,6-9,11,13-26H2,1-5H3/p+1/b12-10-/t27-/m1/s1. The molecule has 0 aromatic rings. The fraction of sp³-hybridized carbons (Fsp3) is 0.862. The molecule has 0 radical (unpaired) electrons. The van der Waals surface area contributed by atoms with Gasteiger partial charge in [0, 0.05) is 12.8 Å². The summed E-state index contributed by atoms with van der Waals surface area (Å²) in [6.45, 7) is 4.21. The molecule has 0 aliphatic rings. The number of hydrogen-bond donors (Lipinski definition) is 1. The normalized spacial score (nSPS) is 14.3. The molecule has 9 nitrogen and oxygen atoms in total. The number of carbonyl (C=O) groups excluding carboxylic acids is 2. The lowest BCUT2D eigenvalue weighted by Gasteiger charge is -2.24. The number of quaternary nitrogens is 1. The number of nitrogens with zero attached hydrogens (tertiary/aromatic N) is 1. The molecule has 0 aliphatic heterocycles. The molecule has 0 fully saturated rings. The first-order chi connectivity index (χ1) is 18.5. The molecule has 0 aliphatic carbocycles. The molecule has 10 heteroatoms. The van der Waals surface area contributed by atoms with E-state index in [1.807, 2.05) is 21.1 Å². The number of phosphoric ester groups is 1. The highest BCUT2D eigenvalue weighted by Gasteiger charge is 2.27. The van der Waals surface area contributed by atoms with Crippen LogP contribution in [0.4, 0.5) is 0 Å². The molecule has 0 heterocycles. The van der Waals surface area contributed by atoms with Gasteiger partial charge in [0.2, 0.25) is 0 Å². The summed E-state index contributed by atoms with van der Waals surface area (Å²) < 4.78 is 33.7. The average Bonchev–Trinajstić information content (AvgIpc) is 2.85. The van der Waals surface area contributed by atoms with Crippen LogP contribution in [0, 0.1) is 0 Å². The first-order valence-corrected chi connectivity index (χ1v) is 16.4. The molecule has 0 aromatic heterocycles. The van der Waals surface area contributed by atoms with E-state index in [4.69, 9.17) is 18.5 Å². The maximum Gasteiger partial charge on any atom is 0.472 e. The second kappa shape index (κ2) is 23.5. The number of rotatable bonds is 26. The topological polar surface area (TPSA) is 108 Å². The Morgan fingerprint density at radius 1 is 0.769 bits per heavy atom. The van der Waals surface area contributed by atoms with Crippen LogP contribution in [0.25, 0.3) is 0 Å². The fourth-order valence-electron chi connectivity index (χ4n) is 3.60. The minimum Gasteiger partial charge on any atom is -0.462 e. The highest BCUT2D eigenvalue weighted by molar-refractivity contribution is 7.47. The van der Waals surface area contributed by atoms with E-state index in [1.54, 1.807) is 0 Å². The van der Waals surface area contributed by atoms with Crippen LogP contribution in [0.5, 0.6) is 0 Å². The minimum absolute atomic E-state index is 0.0315. The molecule has 0 saturated heterocycles. The Morgan fingerprint density at radius 2 is 1.36 bits per heavy atom. The van der Waals surface area contributed by atoms with E-state index in [0.717, 1.165) is 70.6 Å². The molecular formula is C29H57NO8P+. The van der Waals surface area contributed by atoms with Crippen molar-refractivity contribution in [1.29, 1.82) is 0 Å². The van der Waals surface area contributed by atoms with Gasteiger partial charge in [-0.2, -0.15) is 0 Å². The number of carbonyl (C=O) groups is 2. The van der Waals surface area contributed by atoms with E-state index < -0.39 is 26.5 Å². The average molecular weight is 579 g/mol. The molecule has 0 bridgehead atoms. The van der Waals surface area contributed by atoms with Gasteiger partial charge in [-0.15, -0.1) is 0 Å². The quantitative estimate of drug-likeness (QED) is 0.0396. The summed E-state index contributed by atoms with van der Waals surface area (Å²) in [6, 6.07) is 0. The number of unbranched alkanes of at least 4 members (excludes halogenated alkanes) is 10. The van der Waals surface area contributed by atoms with Gasteiger partial charge in [-0.1, -0.05) is 77.4 Å². The van der Waals surface area contributed by atoms with Crippen molar-refractivity contribution in [3.05, 3.63) is 12.2 Å². The van der Waals surface area contributed by atoms with Crippen molar-refractivity contribution < 1.29 is 42.1 Å². The zero-order valence-corrected chi connectivity index (χ0v) is 26.3. The monoisotopic (exact) mass is 578 g/mol. The van der Waals surface area contributed by atoms with Gasteiger partial charge in [0.25, 0.3) is 0 Å². The van der Waals surface area contributed by atoms with Crippen molar-refractivity contribution in [2.24, 2.45) is 0 Å². The number of hydrogen-bond acceptors (Lipinski definition) is 7. The molecule has 39 heavy (non-hydrogen) atoms. The smallest absolute Gasteiger partial charge is 0.462 e. The molecule has 2 atom stereocenters. The van der Waals surface area contributed by atoms with Crippen LogP contribution in [0.1, 0.15) is 110 Å². The second-order valence-electron chi connectivity index (χ2n) is 11.1. The zero-order valence-electron chi connectivity index (χ0n) is 25.4. The van der Waals surface area contributed by atoms with Crippen molar-refractivity contribution in [2.75, 3.05) is 47.5 Å². The lowest BCUT2D eigenvalue weighted by molar-refractivity contribution is -0.870. The molecule has 1 N–H and O–H groups in total. The Kier molecular flexibility index (Phi) is 22.7. The molecular weight excluding hydrogens is 521 g/mol. The third kappa shape index (κ3) is 26.7. The van der Waals surface area contributed by atoms with Crippen LogP contribution >= 0.6 is 7.82 Å². The van der Waals surface area contributed by atoms with E-state index in [9.17, 15) is 19.0 Å². The summed E-state index contributed by atoms with van der Waals surface area (Å²) in [7, 11) is 1.47. The molecule has 0 spiro atoms. The van der Waals surface area contributed by atoms with E-state index in [0.29, 0.717) is 17.4 Å². The van der Waals surface area contributed by atoms with E-state index >= 15 is 0 Å². The molecule has 0 rings (SSSR count). The minimum atomic E-state index is -4.34. The number of phosphoric acid groups is 1. The number of likely N-dealkylation sites (N-methyl/N-ethyl adjacent to an activating group) is 1. The first-order valence-electron chi connectivity index (χ1n) is 14.9. The maximum atomic E-state index is 12.4. The Bertz CT molecular complexity index is 708. The summed E-state index contributed by atoms with van der Waals surface area (Å²) >= 11 is 0. The Morgan fingerprint density at radius 3 is 2.00 bits per heavy atom. The van der Waals surface area contributed by atoms with E-state index in [2.05, 4.69) is 26.0 Å². The van der Waals surface area contributed by atoms with Crippen LogP contribution in [-0.4, -0.2) is 74.9 Å². The summed E-state index contributed by atoms with van der Waals surface area (Å²) in [4.78, 5) is 34.6. The third-order valence-corrected chi connectivity index (χ3v) is 7.01. The number of esters is 2. The second-order valence-corrected chi connectivity index (χ2v) is 12.6. The predicted octanol–water partition coefficient (Wildman–Crippen LogP) is 6.73. The van der Waals surface area contributed by atoms with Crippen LogP contribution in [0.2, 0.25) is 0 Å². The Labute approximate surface area is 237 Å². The van der Waals surface area contributed by atoms with Gasteiger partial charge in [-0.05, 0) is 32.1 Å². The molecule has 0 aromatic carbocycles. The van der Waals surface area contributed by atoms with Gasteiger partial charge in [-0.3, -0.25) is 18.6 Å². The first kappa shape index (κ1) is 37.8. The van der Waals surface area contributed by atoms with E-state index in [1.165, 1.54) is 6.42 Å². The van der Waals surface area contributed by atoms with Crippen LogP contribution in [-0.2, 0) is 32.7 Å².